The molecule has 0 atom stereocenters. The average Bonchev–Trinajstić information content (AvgIpc) is 2.43. The number of benzene rings is 1. The number of unbranched alkanes of at least 4 members (excludes halogenated alkanes) is 1. The van der Waals surface area contributed by atoms with Crippen LogP contribution in [0.1, 0.15) is 24.0 Å². The maximum atomic E-state index is 4.27. The average molecular weight is 278 g/mol. The molecule has 0 spiro atoms. The highest BCUT2D eigenvalue weighted by molar-refractivity contribution is 7.80. The monoisotopic (exact) mass is 278 g/mol. The quantitative estimate of drug-likeness (QED) is 0.653. The van der Waals surface area contributed by atoms with Gasteiger partial charge in [0.1, 0.15) is 0 Å². The van der Waals surface area contributed by atoms with Crippen LogP contribution in [0.2, 0.25) is 0 Å². The molecular weight excluding hydrogens is 252 g/mol. The first-order valence-corrected chi connectivity index (χ1v) is 8.00. The number of thiol groups is 1. The van der Waals surface area contributed by atoms with Gasteiger partial charge in [0.05, 0.1) is 0 Å². The van der Waals surface area contributed by atoms with Crippen LogP contribution < -0.4 is 4.90 Å². The van der Waals surface area contributed by atoms with Gasteiger partial charge in [0, 0.05) is 31.9 Å². The van der Waals surface area contributed by atoms with Crippen molar-refractivity contribution >= 4 is 18.3 Å². The summed E-state index contributed by atoms with van der Waals surface area (Å²) in [7, 11) is 0. The second kappa shape index (κ2) is 7.20. The third-order valence-corrected chi connectivity index (χ3v) is 4.49. The molecule has 0 amide bonds. The van der Waals surface area contributed by atoms with Crippen molar-refractivity contribution < 1.29 is 0 Å². The van der Waals surface area contributed by atoms with Gasteiger partial charge >= 0.3 is 0 Å². The number of piperazine rings is 1. The molecule has 0 saturated carbocycles. The van der Waals surface area contributed by atoms with Gasteiger partial charge in [-0.3, -0.25) is 4.90 Å². The molecule has 0 N–H and O–H groups in total. The highest BCUT2D eigenvalue weighted by Gasteiger charge is 2.18. The Morgan fingerprint density at radius 3 is 2.47 bits per heavy atom. The lowest BCUT2D eigenvalue weighted by molar-refractivity contribution is 0.254. The largest absolute Gasteiger partial charge is 0.369 e. The van der Waals surface area contributed by atoms with Gasteiger partial charge in [-0.2, -0.15) is 12.6 Å². The standard InChI is InChI=1S/C16H26N2S/c1-14-6-5-7-16(15(14)2)18-11-9-17(10-12-18)8-3-4-13-19/h5-7,19H,3-4,8-13H2,1-2H3. The van der Waals surface area contributed by atoms with Crippen LogP contribution in [0, 0.1) is 13.8 Å². The van der Waals surface area contributed by atoms with E-state index in [2.05, 4.69) is 54.5 Å². The second-order valence-corrected chi connectivity index (χ2v) is 5.93. The molecule has 106 valence electrons. The minimum Gasteiger partial charge on any atom is -0.369 e. The van der Waals surface area contributed by atoms with E-state index >= 15 is 0 Å². The lowest BCUT2D eigenvalue weighted by atomic mass is 10.1. The van der Waals surface area contributed by atoms with Crippen LogP contribution in [-0.2, 0) is 0 Å². The molecule has 2 rings (SSSR count). The normalized spacial score (nSPS) is 16.9. The van der Waals surface area contributed by atoms with E-state index < -0.39 is 0 Å². The third kappa shape index (κ3) is 3.90. The lowest BCUT2D eigenvalue weighted by Crippen LogP contribution is -2.46. The van der Waals surface area contributed by atoms with Crippen LogP contribution in [0.5, 0.6) is 0 Å². The van der Waals surface area contributed by atoms with Crippen molar-refractivity contribution in [2.24, 2.45) is 0 Å². The fraction of sp³-hybridized carbons (Fsp3) is 0.625. The Bertz CT molecular complexity index is 398. The fourth-order valence-corrected chi connectivity index (χ4v) is 2.96. The van der Waals surface area contributed by atoms with Crippen molar-refractivity contribution in [2.45, 2.75) is 26.7 Å². The first kappa shape index (κ1) is 14.7. The van der Waals surface area contributed by atoms with Gasteiger partial charge < -0.3 is 4.90 Å². The molecule has 1 aromatic rings. The summed E-state index contributed by atoms with van der Waals surface area (Å²) in [4.78, 5) is 5.13. The van der Waals surface area contributed by atoms with Crippen LogP contribution in [0.4, 0.5) is 5.69 Å². The molecule has 3 heteroatoms. The van der Waals surface area contributed by atoms with Crippen LogP contribution in [0.15, 0.2) is 18.2 Å². The summed E-state index contributed by atoms with van der Waals surface area (Å²) in [6, 6.07) is 6.64. The Morgan fingerprint density at radius 1 is 1.05 bits per heavy atom. The van der Waals surface area contributed by atoms with Crippen molar-refractivity contribution in [3.05, 3.63) is 29.3 Å². The maximum absolute atomic E-state index is 4.27. The van der Waals surface area contributed by atoms with Gasteiger partial charge in [0.25, 0.3) is 0 Å². The van der Waals surface area contributed by atoms with Crippen LogP contribution in [0.3, 0.4) is 0 Å². The molecule has 2 nitrogen and oxygen atoms in total. The number of nitrogens with zero attached hydrogens (tertiary/aromatic N) is 2. The molecule has 1 heterocycles. The zero-order valence-corrected chi connectivity index (χ0v) is 13.1. The molecule has 0 aliphatic carbocycles. The minimum absolute atomic E-state index is 1.02. The molecule has 19 heavy (non-hydrogen) atoms. The van der Waals surface area contributed by atoms with Crippen LogP contribution >= 0.6 is 12.6 Å². The molecular formula is C16H26N2S. The molecule has 1 fully saturated rings. The lowest BCUT2D eigenvalue weighted by Gasteiger charge is -2.37. The molecule has 1 aliphatic rings. The fourth-order valence-electron chi connectivity index (χ4n) is 2.74. The molecule has 1 aliphatic heterocycles. The van der Waals surface area contributed by atoms with E-state index in [-0.39, 0.29) is 0 Å². The maximum Gasteiger partial charge on any atom is 0.0399 e. The molecule has 0 radical (unpaired) electrons. The SMILES string of the molecule is Cc1cccc(N2CCN(CCCCS)CC2)c1C. The Kier molecular flexibility index (Phi) is 5.59. The molecule has 0 bridgehead atoms. The van der Waals surface area contributed by atoms with E-state index in [1.54, 1.807) is 0 Å². The van der Waals surface area contributed by atoms with E-state index in [0.717, 1.165) is 18.8 Å². The van der Waals surface area contributed by atoms with Gasteiger partial charge in [-0.05, 0) is 56.2 Å². The first-order valence-electron chi connectivity index (χ1n) is 7.36. The van der Waals surface area contributed by atoms with Crippen molar-refractivity contribution in [2.75, 3.05) is 43.4 Å². The van der Waals surface area contributed by atoms with Crippen molar-refractivity contribution in [1.82, 2.24) is 4.90 Å². The zero-order chi connectivity index (χ0) is 13.7. The van der Waals surface area contributed by atoms with Gasteiger partial charge in [0.2, 0.25) is 0 Å². The Balaban J connectivity index is 1.87. The minimum atomic E-state index is 1.02. The molecule has 1 aromatic carbocycles. The van der Waals surface area contributed by atoms with Crippen LogP contribution in [-0.4, -0.2) is 43.4 Å². The summed E-state index contributed by atoms with van der Waals surface area (Å²) in [5.74, 6) is 1.02. The van der Waals surface area contributed by atoms with E-state index in [9.17, 15) is 0 Å². The number of hydrogen-bond donors (Lipinski definition) is 1. The van der Waals surface area contributed by atoms with Crippen molar-refractivity contribution in [3.8, 4) is 0 Å². The summed E-state index contributed by atoms with van der Waals surface area (Å²) < 4.78 is 0. The van der Waals surface area contributed by atoms with E-state index in [1.165, 1.54) is 49.3 Å². The number of aryl methyl sites for hydroxylation is 1. The number of hydrogen-bond acceptors (Lipinski definition) is 3. The smallest absolute Gasteiger partial charge is 0.0399 e. The summed E-state index contributed by atoms with van der Waals surface area (Å²) >= 11 is 4.27. The summed E-state index contributed by atoms with van der Waals surface area (Å²) in [5.41, 5.74) is 4.26. The predicted molar refractivity (Wildman–Crippen MR) is 87.7 cm³/mol. The summed E-state index contributed by atoms with van der Waals surface area (Å²) in [5, 5.41) is 0. The number of anilines is 1. The Hall–Kier alpha value is -0.670. The van der Waals surface area contributed by atoms with Crippen molar-refractivity contribution in [1.29, 1.82) is 0 Å². The highest BCUT2D eigenvalue weighted by Crippen LogP contribution is 2.23. The Labute approximate surface area is 123 Å². The van der Waals surface area contributed by atoms with E-state index in [1.807, 2.05) is 0 Å². The highest BCUT2D eigenvalue weighted by atomic mass is 32.1. The zero-order valence-electron chi connectivity index (χ0n) is 12.2. The Morgan fingerprint density at radius 2 is 1.79 bits per heavy atom. The summed E-state index contributed by atoms with van der Waals surface area (Å²) in [6.45, 7) is 10.4. The topological polar surface area (TPSA) is 6.48 Å². The molecule has 0 unspecified atom stereocenters. The first-order chi connectivity index (χ1) is 9.22. The van der Waals surface area contributed by atoms with E-state index in [4.69, 9.17) is 0 Å². The molecule has 1 saturated heterocycles. The third-order valence-electron chi connectivity index (χ3n) is 4.17. The second-order valence-electron chi connectivity index (χ2n) is 5.48. The van der Waals surface area contributed by atoms with Crippen LogP contribution in [0.25, 0.3) is 0 Å². The van der Waals surface area contributed by atoms with Gasteiger partial charge in [-0.15, -0.1) is 0 Å². The van der Waals surface area contributed by atoms with Gasteiger partial charge in [-0.1, -0.05) is 12.1 Å². The summed E-state index contributed by atoms with van der Waals surface area (Å²) in [6.07, 6.45) is 2.52. The van der Waals surface area contributed by atoms with Crippen molar-refractivity contribution in [3.63, 3.8) is 0 Å². The van der Waals surface area contributed by atoms with E-state index in [0.29, 0.717) is 0 Å². The van der Waals surface area contributed by atoms with Gasteiger partial charge in [0.15, 0.2) is 0 Å². The number of rotatable bonds is 5. The molecule has 0 aromatic heterocycles. The van der Waals surface area contributed by atoms with Gasteiger partial charge in [-0.25, -0.2) is 0 Å². The predicted octanol–water partition coefficient (Wildman–Crippen LogP) is 3.14.